The predicted octanol–water partition coefficient (Wildman–Crippen LogP) is 6.17. The van der Waals surface area contributed by atoms with Gasteiger partial charge in [-0.15, -0.1) is 11.3 Å². The molecule has 0 spiro atoms. The standard InChI is InChI=1S/C22H15ClN2O3S/c23-17-8-2-1-7-16(17)18-10-11-19(28-18)21(26)24-14-5-3-6-15(13-14)25-22(27)20-9-4-12-29-20/h1-13H,(H,24,26)(H,25,27). The number of hydrogen-bond acceptors (Lipinski definition) is 4. The number of halogens is 1. The molecule has 0 saturated carbocycles. The first-order valence-electron chi connectivity index (χ1n) is 8.71. The van der Waals surface area contributed by atoms with E-state index >= 15 is 0 Å². The van der Waals surface area contributed by atoms with Gasteiger partial charge in [-0.25, -0.2) is 0 Å². The zero-order valence-electron chi connectivity index (χ0n) is 15.0. The minimum absolute atomic E-state index is 0.160. The van der Waals surface area contributed by atoms with Crippen molar-refractivity contribution in [1.82, 2.24) is 0 Å². The molecule has 2 N–H and O–H groups in total. The topological polar surface area (TPSA) is 71.3 Å². The summed E-state index contributed by atoms with van der Waals surface area (Å²) in [6.45, 7) is 0. The summed E-state index contributed by atoms with van der Waals surface area (Å²) in [6.07, 6.45) is 0. The molecule has 5 nitrogen and oxygen atoms in total. The highest BCUT2D eigenvalue weighted by atomic mass is 35.5. The van der Waals surface area contributed by atoms with Crippen LogP contribution in [-0.4, -0.2) is 11.8 Å². The van der Waals surface area contributed by atoms with E-state index in [0.717, 1.165) is 0 Å². The molecule has 2 aromatic carbocycles. The van der Waals surface area contributed by atoms with E-state index in [0.29, 0.717) is 32.6 Å². The van der Waals surface area contributed by atoms with Gasteiger partial charge in [-0.1, -0.05) is 35.9 Å². The third-order valence-electron chi connectivity index (χ3n) is 4.09. The Bertz CT molecular complexity index is 1170. The highest BCUT2D eigenvalue weighted by Crippen LogP contribution is 2.29. The van der Waals surface area contributed by atoms with Gasteiger partial charge in [-0.3, -0.25) is 9.59 Å². The van der Waals surface area contributed by atoms with Gasteiger partial charge in [0.05, 0.1) is 9.90 Å². The summed E-state index contributed by atoms with van der Waals surface area (Å²) in [4.78, 5) is 25.3. The van der Waals surface area contributed by atoms with E-state index in [1.807, 2.05) is 29.6 Å². The molecule has 0 aliphatic heterocycles. The van der Waals surface area contributed by atoms with Crippen LogP contribution in [0.1, 0.15) is 20.2 Å². The summed E-state index contributed by atoms with van der Waals surface area (Å²) >= 11 is 7.54. The zero-order chi connectivity index (χ0) is 20.2. The third kappa shape index (κ3) is 4.39. The van der Waals surface area contributed by atoms with Gasteiger partial charge in [-0.2, -0.15) is 0 Å². The van der Waals surface area contributed by atoms with Crippen LogP contribution in [0.4, 0.5) is 11.4 Å². The van der Waals surface area contributed by atoms with Crippen LogP contribution in [0.2, 0.25) is 5.02 Å². The minimum Gasteiger partial charge on any atom is -0.451 e. The summed E-state index contributed by atoms with van der Waals surface area (Å²) in [5.41, 5.74) is 1.83. The molecule has 2 amide bonds. The van der Waals surface area contributed by atoms with Gasteiger partial charge in [0, 0.05) is 16.9 Å². The molecule has 0 fully saturated rings. The first-order chi connectivity index (χ1) is 14.1. The number of hydrogen-bond donors (Lipinski definition) is 2. The Morgan fingerprint density at radius 1 is 0.828 bits per heavy atom. The van der Waals surface area contributed by atoms with Gasteiger partial charge in [0.2, 0.25) is 0 Å². The molecule has 0 saturated heterocycles. The monoisotopic (exact) mass is 422 g/mol. The van der Waals surface area contributed by atoms with Gasteiger partial charge in [0.25, 0.3) is 11.8 Å². The van der Waals surface area contributed by atoms with Crippen LogP contribution in [0.25, 0.3) is 11.3 Å². The maximum atomic E-state index is 12.5. The molecular weight excluding hydrogens is 408 g/mol. The van der Waals surface area contributed by atoms with Crippen molar-refractivity contribution in [3.05, 3.63) is 93.8 Å². The van der Waals surface area contributed by atoms with Gasteiger partial charge >= 0.3 is 0 Å². The van der Waals surface area contributed by atoms with Crippen LogP contribution in [-0.2, 0) is 0 Å². The van der Waals surface area contributed by atoms with Crippen LogP contribution >= 0.6 is 22.9 Å². The van der Waals surface area contributed by atoms with Crippen LogP contribution in [0.5, 0.6) is 0 Å². The van der Waals surface area contributed by atoms with Crippen molar-refractivity contribution in [1.29, 1.82) is 0 Å². The van der Waals surface area contributed by atoms with E-state index in [1.165, 1.54) is 11.3 Å². The van der Waals surface area contributed by atoms with Gasteiger partial charge in [0.15, 0.2) is 5.76 Å². The predicted molar refractivity (Wildman–Crippen MR) is 116 cm³/mol. The van der Waals surface area contributed by atoms with Crippen LogP contribution < -0.4 is 10.6 Å². The SMILES string of the molecule is O=C(Nc1cccc(NC(=O)c2cccs2)c1)c1ccc(-c2ccccc2Cl)o1. The molecule has 0 atom stereocenters. The summed E-state index contributed by atoms with van der Waals surface area (Å²) in [7, 11) is 0. The Labute approximate surface area is 175 Å². The average Bonchev–Trinajstić information content (AvgIpc) is 3.41. The molecule has 0 radical (unpaired) electrons. The number of carbonyl (C=O) groups excluding carboxylic acids is 2. The molecule has 144 valence electrons. The Morgan fingerprint density at radius 2 is 1.59 bits per heavy atom. The fourth-order valence-corrected chi connectivity index (χ4v) is 3.58. The normalized spacial score (nSPS) is 10.5. The number of benzene rings is 2. The molecule has 4 aromatic rings. The van der Waals surface area contributed by atoms with Crippen molar-refractivity contribution < 1.29 is 14.0 Å². The second-order valence-corrected chi connectivity index (χ2v) is 7.46. The lowest BCUT2D eigenvalue weighted by molar-refractivity contribution is 0.0996. The fraction of sp³-hybridized carbons (Fsp3) is 0. The summed E-state index contributed by atoms with van der Waals surface area (Å²) in [5.74, 6) is 0.0783. The second kappa shape index (κ2) is 8.34. The second-order valence-electron chi connectivity index (χ2n) is 6.11. The lowest BCUT2D eigenvalue weighted by atomic mass is 10.2. The maximum absolute atomic E-state index is 12.5. The Kier molecular flexibility index (Phi) is 5.46. The molecule has 7 heteroatoms. The van der Waals surface area contributed by atoms with E-state index in [9.17, 15) is 9.59 Å². The first-order valence-corrected chi connectivity index (χ1v) is 9.97. The van der Waals surface area contributed by atoms with Crippen molar-refractivity contribution in [2.24, 2.45) is 0 Å². The lowest BCUT2D eigenvalue weighted by Gasteiger charge is -2.07. The van der Waals surface area contributed by atoms with E-state index in [-0.39, 0.29) is 11.7 Å². The minimum atomic E-state index is -0.398. The van der Waals surface area contributed by atoms with Gasteiger partial charge in [0.1, 0.15) is 5.76 Å². The fourth-order valence-electron chi connectivity index (χ4n) is 2.73. The number of thiophene rings is 1. The van der Waals surface area contributed by atoms with Gasteiger partial charge in [-0.05, 0) is 53.9 Å². The number of anilines is 2. The number of carbonyl (C=O) groups is 2. The third-order valence-corrected chi connectivity index (χ3v) is 5.29. The van der Waals surface area contributed by atoms with Crippen molar-refractivity contribution in [2.45, 2.75) is 0 Å². The van der Waals surface area contributed by atoms with E-state index in [1.54, 1.807) is 48.5 Å². The van der Waals surface area contributed by atoms with E-state index in [4.69, 9.17) is 16.0 Å². The molecule has 29 heavy (non-hydrogen) atoms. The number of amides is 2. The zero-order valence-corrected chi connectivity index (χ0v) is 16.6. The molecule has 2 aromatic heterocycles. The largest absolute Gasteiger partial charge is 0.451 e. The van der Waals surface area contributed by atoms with Gasteiger partial charge < -0.3 is 15.1 Å². The highest BCUT2D eigenvalue weighted by Gasteiger charge is 2.14. The summed E-state index contributed by atoms with van der Waals surface area (Å²) in [5, 5.41) is 7.97. The van der Waals surface area contributed by atoms with Crippen LogP contribution in [0, 0.1) is 0 Å². The smallest absolute Gasteiger partial charge is 0.291 e. The quantitative estimate of drug-likeness (QED) is 0.404. The van der Waals surface area contributed by atoms with E-state index < -0.39 is 5.91 Å². The van der Waals surface area contributed by atoms with Crippen molar-refractivity contribution in [3.8, 4) is 11.3 Å². The van der Waals surface area contributed by atoms with E-state index in [2.05, 4.69) is 10.6 Å². The number of nitrogens with one attached hydrogen (secondary N) is 2. The molecule has 2 heterocycles. The molecule has 0 aliphatic carbocycles. The van der Waals surface area contributed by atoms with Crippen molar-refractivity contribution >= 4 is 46.1 Å². The van der Waals surface area contributed by atoms with Crippen LogP contribution in [0.3, 0.4) is 0 Å². The number of furan rings is 1. The average molecular weight is 423 g/mol. The Balaban J connectivity index is 1.46. The highest BCUT2D eigenvalue weighted by molar-refractivity contribution is 7.12. The van der Waals surface area contributed by atoms with Crippen molar-refractivity contribution in [2.75, 3.05) is 10.6 Å². The maximum Gasteiger partial charge on any atom is 0.291 e. The van der Waals surface area contributed by atoms with Crippen LogP contribution in [0.15, 0.2) is 82.6 Å². The Morgan fingerprint density at radius 3 is 2.31 bits per heavy atom. The lowest BCUT2D eigenvalue weighted by Crippen LogP contribution is -2.12. The summed E-state index contributed by atoms with van der Waals surface area (Å²) in [6, 6.07) is 21.0. The summed E-state index contributed by atoms with van der Waals surface area (Å²) < 4.78 is 5.66. The number of rotatable bonds is 5. The van der Waals surface area contributed by atoms with Crippen molar-refractivity contribution in [3.63, 3.8) is 0 Å². The molecule has 0 unspecified atom stereocenters. The molecular formula is C22H15ClN2O3S. The molecule has 0 aliphatic rings. The Hall–Kier alpha value is -3.35. The molecule has 4 rings (SSSR count). The first kappa shape index (κ1) is 19.0. The molecule has 0 bridgehead atoms.